The van der Waals surface area contributed by atoms with Crippen molar-refractivity contribution >= 4 is 11.3 Å². The second kappa shape index (κ2) is 4.09. The van der Waals surface area contributed by atoms with Crippen molar-refractivity contribution in [3.63, 3.8) is 0 Å². The summed E-state index contributed by atoms with van der Waals surface area (Å²) >= 11 is 1.53. The second-order valence-corrected chi connectivity index (χ2v) is 4.77. The van der Waals surface area contributed by atoms with Gasteiger partial charge < -0.3 is 10.1 Å². The molecule has 4 nitrogen and oxygen atoms in total. The van der Waals surface area contributed by atoms with E-state index in [9.17, 15) is 9.90 Å². The summed E-state index contributed by atoms with van der Waals surface area (Å²) in [4.78, 5) is 20.3. The van der Waals surface area contributed by atoms with Gasteiger partial charge in [-0.25, -0.2) is 0 Å². The molecule has 0 amide bonds. The van der Waals surface area contributed by atoms with Gasteiger partial charge in [-0.2, -0.15) is 4.98 Å². The van der Waals surface area contributed by atoms with Gasteiger partial charge in [0.15, 0.2) is 5.82 Å². The Balaban J connectivity index is 2.56. The Morgan fingerprint density at radius 1 is 1.50 bits per heavy atom. The van der Waals surface area contributed by atoms with Gasteiger partial charge in [0.2, 0.25) is 5.88 Å². The van der Waals surface area contributed by atoms with Crippen LogP contribution in [0.2, 0.25) is 0 Å². The highest BCUT2D eigenvalue weighted by atomic mass is 32.1. The van der Waals surface area contributed by atoms with Gasteiger partial charge in [-0.15, -0.1) is 11.3 Å². The fourth-order valence-electron chi connectivity index (χ4n) is 1.48. The maximum atomic E-state index is 11.6. The summed E-state index contributed by atoms with van der Waals surface area (Å²) in [5, 5.41) is 9.61. The van der Waals surface area contributed by atoms with Gasteiger partial charge in [-0.05, 0) is 25.5 Å². The monoisotopic (exact) mass is 236 g/mol. The number of aromatic hydroxyl groups is 1. The van der Waals surface area contributed by atoms with Gasteiger partial charge in [-0.1, -0.05) is 6.92 Å². The van der Waals surface area contributed by atoms with E-state index in [1.54, 1.807) is 6.92 Å². The number of hydrogen-bond acceptors (Lipinski definition) is 4. The first-order chi connectivity index (χ1) is 7.61. The first-order valence-corrected chi connectivity index (χ1v) is 5.82. The van der Waals surface area contributed by atoms with E-state index in [-0.39, 0.29) is 11.4 Å². The van der Waals surface area contributed by atoms with Crippen molar-refractivity contribution in [3.05, 3.63) is 32.9 Å². The quantitative estimate of drug-likeness (QED) is 0.839. The molecule has 0 aliphatic carbocycles. The van der Waals surface area contributed by atoms with E-state index in [1.165, 1.54) is 11.3 Å². The predicted octanol–water partition coefficient (Wildman–Crippen LogP) is 2.07. The average Bonchev–Trinajstić information content (AvgIpc) is 2.64. The molecule has 0 saturated heterocycles. The molecular weight excluding hydrogens is 224 g/mol. The number of H-pyrrole nitrogens is 1. The molecule has 0 aliphatic heterocycles. The third kappa shape index (κ3) is 1.86. The summed E-state index contributed by atoms with van der Waals surface area (Å²) < 4.78 is 0. The highest BCUT2D eigenvalue weighted by Crippen LogP contribution is 2.25. The SMILES string of the molecule is CCc1c(O)nc(-c2ccc(C)s2)[nH]c1=O. The smallest absolute Gasteiger partial charge is 0.258 e. The van der Waals surface area contributed by atoms with Crippen LogP contribution in [0, 0.1) is 6.92 Å². The van der Waals surface area contributed by atoms with Crippen LogP contribution in [0.1, 0.15) is 17.4 Å². The maximum absolute atomic E-state index is 11.6. The van der Waals surface area contributed by atoms with E-state index >= 15 is 0 Å². The zero-order valence-electron chi connectivity index (χ0n) is 9.07. The first kappa shape index (κ1) is 10.9. The molecule has 2 rings (SSSR count). The minimum absolute atomic E-state index is 0.174. The Kier molecular flexibility index (Phi) is 2.78. The number of nitrogens with zero attached hydrogens (tertiary/aromatic N) is 1. The Hall–Kier alpha value is -1.62. The lowest BCUT2D eigenvalue weighted by atomic mass is 10.2. The van der Waals surface area contributed by atoms with Crippen LogP contribution >= 0.6 is 11.3 Å². The molecule has 0 aromatic carbocycles. The minimum Gasteiger partial charge on any atom is -0.493 e. The maximum Gasteiger partial charge on any atom is 0.258 e. The molecule has 0 fully saturated rings. The highest BCUT2D eigenvalue weighted by Gasteiger charge is 2.10. The fourth-order valence-corrected chi connectivity index (χ4v) is 2.30. The molecule has 0 radical (unpaired) electrons. The lowest BCUT2D eigenvalue weighted by molar-refractivity contribution is 0.444. The van der Waals surface area contributed by atoms with Crippen molar-refractivity contribution in [1.29, 1.82) is 0 Å². The van der Waals surface area contributed by atoms with E-state index in [4.69, 9.17) is 0 Å². The van der Waals surface area contributed by atoms with Gasteiger partial charge in [0, 0.05) is 4.88 Å². The van der Waals surface area contributed by atoms with E-state index in [0.29, 0.717) is 17.8 Å². The van der Waals surface area contributed by atoms with Crippen LogP contribution in [0.5, 0.6) is 5.88 Å². The number of thiophene rings is 1. The molecule has 0 bridgehead atoms. The van der Waals surface area contributed by atoms with Crippen molar-refractivity contribution in [2.75, 3.05) is 0 Å². The second-order valence-electron chi connectivity index (χ2n) is 3.48. The largest absolute Gasteiger partial charge is 0.493 e. The van der Waals surface area contributed by atoms with Crippen LogP contribution in [0.15, 0.2) is 16.9 Å². The molecule has 16 heavy (non-hydrogen) atoms. The number of aromatic nitrogens is 2. The van der Waals surface area contributed by atoms with Crippen LogP contribution < -0.4 is 5.56 Å². The van der Waals surface area contributed by atoms with Crippen molar-refractivity contribution in [2.24, 2.45) is 0 Å². The van der Waals surface area contributed by atoms with E-state index < -0.39 is 0 Å². The van der Waals surface area contributed by atoms with Crippen molar-refractivity contribution in [1.82, 2.24) is 9.97 Å². The van der Waals surface area contributed by atoms with E-state index in [0.717, 1.165) is 9.75 Å². The Morgan fingerprint density at radius 3 is 2.75 bits per heavy atom. The molecule has 0 aliphatic rings. The Labute approximate surface area is 96.6 Å². The molecule has 2 aromatic rings. The number of rotatable bonds is 2. The summed E-state index contributed by atoms with van der Waals surface area (Å²) in [5.41, 5.74) is 0.0630. The normalized spacial score (nSPS) is 10.6. The van der Waals surface area contributed by atoms with Crippen LogP contribution in [-0.2, 0) is 6.42 Å². The molecule has 2 heterocycles. The number of nitrogens with one attached hydrogen (secondary N) is 1. The Bertz CT molecular complexity index is 572. The summed E-state index contributed by atoms with van der Waals surface area (Å²) in [7, 11) is 0. The number of hydrogen-bond donors (Lipinski definition) is 2. The molecule has 2 N–H and O–H groups in total. The van der Waals surface area contributed by atoms with Crippen molar-refractivity contribution in [3.8, 4) is 16.6 Å². The molecule has 5 heteroatoms. The number of aryl methyl sites for hydroxylation is 1. The fraction of sp³-hybridized carbons (Fsp3) is 0.273. The molecule has 0 atom stereocenters. The summed E-state index contributed by atoms with van der Waals surface area (Å²) in [6.45, 7) is 3.79. The lowest BCUT2D eigenvalue weighted by Gasteiger charge is -2.02. The molecule has 84 valence electrons. The molecule has 0 spiro atoms. The van der Waals surface area contributed by atoms with Gasteiger partial charge in [0.1, 0.15) is 0 Å². The third-order valence-corrected chi connectivity index (χ3v) is 3.33. The molecule has 2 aromatic heterocycles. The van der Waals surface area contributed by atoms with Crippen LogP contribution in [0.25, 0.3) is 10.7 Å². The summed E-state index contributed by atoms with van der Waals surface area (Å²) in [6.07, 6.45) is 0.470. The van der Waals surface area contributed by atoms with Gasteiger partial charge >= 0.3 is 0 Å². The van der Waals surface area contributed by atoms with Gasteiger partial charge in [0.25, 0.3) is 5.56 Å². The zero-order valence-corrected chi connectivity index (χ0v) is 9.89. The third-order valence-electron chi connectivity index (χ3n) is 2.32. The van der Waals surface area contributed by atoms with Crippen molar-refractivity contribution in [2.45, 2.75) is 20.3 Å². The zero-order chi connectivity index (χ0) is 11.7. The molecule has 0 unspecified atom stereocenters. The minimum atomic E-state index is -0.268. The summed E-state index contributed by atoms with van der Waals surface area (Å²) in [6, 6.07) is 3.83. The first-order valence-electron chi connectivity index (χ1n) is 5.00. The van der Waals surface area contributed by atoms with Crippen LogP contribution in [0.3, 0.4) is 0 Å². The molecule has 0 saturated carbocycles. The van der Waals surface area contributed by atoms with E-state index in [2.05, 4.69) is 9.97 Å². The Morgan fingerprint density at radius 2 is 2.25 bits per heavy atom. The average molecular weight is 236 g/mol. The van der Waals surface area contributed by atoms with Crippen LogP contribution in [0.4, 0.5) is 0 Å². The van der Waals surface area contributed by atoms with Crippen molar-refractivity contribution < 1.29 is 5.11 Å². The van der Waals surface area contributed by atoms with Crippen LogP contribution in [-0.4, -0.2) is 15.1 Å². The van der Waals surface area contributed by atoms with Gasteiger partial charge in [0.05, 0.1) is 10.4 Å². The number of aromatic amines is 1. The molecular formula is C11H12N2O2S. The topological polar surface area (TPSA) is 66.0 Å². The standard InChI is InChI=1S/C11H12N2O2S/c1-3-7-10(14)12-9(13-11(7)15)8-5-4-6(2)16-8/h4-5H,3H2,1-2H3,(H2,12,13,14,15). The van der Waals surface area contributed by atoms with E-state index in [1.807, 2.05) is 19.1 Å². The lowest BCUT2D eigenvalue weighted by Crippen LogP contribution is -2.14. The summed E-state index contributed by atoms with van der Waals surface area (Å²) in [5.74, 6) is 0.255. The van der Waals surface area contributed by atoms with Gasteiger partial charge in [-0.3, -0.25) is 4.79 Å². The predicted molar refractivity (Wildman–Crippen MR) is 64.0 cm³/mol. The highest BCUT2D eigenvalue weighted by molar-refractivity contribution is 7.15.